The van der Waals surface area contributed by atoms with Crippen LogP contribution >= 0.6 is 0 Å². The SMILES string of the molecule is CCCCCCCOc1ccc(/C=N/n2c(C)cc(C)c(C#N)c2=O)cc1. The Bertz CT molecular complexity index is 874. The third-order valence-electron chi connectivity index (χ3n) is 4.39. The average Bonchev–Trinajstić information content (AvgIpc) is 2.65. The van der Waals surface area contributed by atoms with Crippen molar-refractivity contribution in [1.29, 1.82) is 5.26 Å². The number of benzene rings is 1. The molecule has 0 bridgehead atoms. The van der Waals surface area contributed by atoms with Crippen LogP contribution in [0.4, 0.5) is 0 Å². The van der Waals surface area contributed by atoms with Crippen molar-refractivity contribution in [2.24, 2.45) is 5.10 Å². The highest BCUT2D eigenvalue weighted by atomic mass is 16.5. The number of nitriles is 1. The maximum Gasteiger partial charge on any atom is 0.289 e. The lowest BCUT2D eigenvalue weighted by atomic mass is 10.1. The summed E-state index contributed by atoms with van der Waals surface area (Å²) >= 11 is 0. The van der Waals surface area contributed by atoms with Gasteiger partial charge in [0.05, 0.1) is 12.8 Å². The number of hydrogen-bond donors (Lipinski definition) is 0. The molecule has 5 heteroatoms. The molecule has 0 N–H and O–H groups in total. The zero-order chi connectivity index (χ0) is 19.6. The van der Waals surface area contributed by atoms with Crippen molar-refractivity contribution in [3.8, 4) is 11.8 Å². The number of pyridine rings is 1. The van der Waals surface area contributed by atoms with Gasteiger partial charge in [0.15, 0.2) is 0 Å². The van der Waals surface area contributed by atoms with E-state index in [-0.39, 0.29) is 5.56 Å². The lowest BCUT2D eigenvalue weighted by molar-refractivity contribution is 0.304. The van der Waals surface area contributed by atoms with Crippen molar-refractivity contribution >= 4 is 6.21 Å². The first kappa shape index (κ1) is 20.4. The minimum Gasteiger partial charge on any atom is -0.494 e. The van der Waals surface area contributed by atoms with Gasteiger partial charge < -0.3 is 4.74 Å². The predicted octanol–water partition coefficient (Wildman–Crippen LogP) is 4.57. The molecule has 0 saturated heterocycles. The number of aryl methyl sites for hydroxylation is 2. The monoisotopic (exact) mass is 365 g/mol. The van der Waals surface area contributed by atoms with Gasteiger partial charge >= 0.3 is 0 Å². The summed E-state index contributed by atoms with van der Waals surface area (Å²) < 4.78 is 7.01. The maximum atomic E-state index is 12.3. The van der Waals surface area contributed by atoms with Gasteiger partial charge in [0, 0.05) is 5.69 Å². The Kier molecular flexibility index (Phi) is 7.81. The number of hydrogen-bond acceptors (Lipinski definition) is 4. The normalized spacial score (nSPS) is 10.9. The summed E-state index contributed by atoms with van der Waals surface area (Å²) in [4.78, 5) is 12.3. The number of ether oxygens (including phenoxy) is 1. The van der Waals surface area contributed by atoms with Crippen LogP contribution in [0.3, 0.4) is 0 Å². The van der Waals surface area contributed by atoms with Crippen molar-refractivity contribution in [3.05, 3.63) is 63.1 Å². The molecule has 1 heterocycles. The minimum absolute atomic E-state index is 0.125. The Balaban J connectivity index is 1.99. The molecule has 0 unspecified atom stereocenters. The molecule has 0 spiro atoms. The molecule has 0 aliphatic carbocycles. The lowest BCUT2D eigenvalue weighted by Gasteiger charge is -2.07. The van der Waals surface area contributed by atoms with Gasteiger partial charge in [-0.25, -0.2) is 4.68 Å². The van der Waals surface area contributed by atoms with E-state index in [1.165, 1.54) is 30.4 Å². The number of nitrogens with zero attached hydrogens (tertiary/aromatic N) is 3. The first-order valence-corrected chi connectivity index (χ1v) is 9.47. The molecule has 0 saturated carbocycles. The fourth-order valence-electron chi connectivity index (χ4n) is 2.83. The van der Waals surface area contributed by atoms with E-state index < -0.39 is 5.56 Å². The fourth-order valence-corrected chi connectivity index (χ4v) is 2.83. The molecular formula is C22H27N3O2. The second-order valence-electron chi connectivity index (χ2n) is 6.65. The second-order valence-corrected chi connectivity index (χ2v) is 6.65. The Morgan fingerprint density at radius 2 is 1.85 bits per heavy atom. The van der Waals surface area contributed by atoms with Gasteiger partial charge in [-0.05, 0) is 61.7 Å². The van der Waals surface area contributed by atoms with Crippen LogP contribution in [0, 0.1) is 25.2 Å². The molecule has 0 aliphatic rings. The van der Waals surface area contributed by atoms with Crippen LogP contribution < -0.4 is 10.3 Å². The molecule has 5 nitrogen and oxygen atoms in total. The third-order valence-corrected chi connectivity index (χ3v) is 4.39. The molecule has 0 amide bonds. The summed E-state index contributed by atoms with van der Waals surface area (Å²) in [5, 5.41) is 13.4. The first-order chi connectivity index (χ1) is 13.1. The second kappa shape index (κ2) is 10.3. The molecule has 27 heavy (non-hydrogen) atoms. The summed E-state index contributed by atoms with van der Waals surface area (Å²) in [5.41, 5.74) is 1.95. The van der Waals surface area contributed by atoms with E-state index in [4.69, 9.17) is 10.00 Å². The van der Waals surface area contributed by atoms with E-state index in [1.807, 2.05) is 30.3 Å². The van der Waals surface area contributed by atoms with Crippen LogP contribution in [0.5, 0.6) is 5.75 Å². The van der Waals surface area contributed by atoms with E-state index in [9.17, 15) is 4.79 Å². The smallest absolute Gasteiger partial charge is 0.289 e. The third kappa shape index (κ3) is 5.82. The van der Waals surface area contributed by atoms with E-state index in [1.54, 1.807) is 26.1 Å². The zero-order valence-electron chi connectivity index (χ0n) is 16.4. The largest absolute Gasteiger partial charge is 0.494 e. The van der Waals surface area contributed by atoms with Gasteiger partial charge in [0.1, 0.15) is 17.4 Å². The zero-order valence-corrected chi connectivity index (χ0v) is 16.4. The minimum atomic E-state index is -0.394. The summed E-state index contributed by atoms with van der Waals surface area (Å²) in [7, 11) is 0. The molecule has 0 atom stereocenters. The van der Waals surface area contributed by atoms with E-state index in [2.05, 4.69) is 12.0 Å². The molecule has 1 aromatic heterocycles. The van der Waals surface area contributed by atoms with Gasteiger partial charge in [-0.2, -0.15) is 10.4 Å². The number of rotatable bonds is 9. The van der Waals surface area contributed by atoms with Gasteiger partial charge in [0.25, 0.3) is 5.56 Å². The number of aromatic nitrogens is 1. The van der Waals surface area contributed by atoms with Crippen LogP contribution in [-0.4, -0.2) is 17.5 Å². The molecule has 0 fully saturated rings. The van der Waals surface area contributed by atoms with Crippen LogP contribution in [0.1, 0.15) is 61.4 Å². The Hall–Kier alpha value is -2.87. The van der Waals surface area contributed by atoms with Crippen LogP contribution in [0.2, 0.25) is 0 Å². The fraction of sp³-hybridized carbons (Fsp3) is 0.409. The highest BCUT2D eigenvalue weighted by Gasteiger charge is 2.08. The lowest BCUT2D eigenvalue weighted by Crippen LogP contribution is -2.22. The van der Waals surface area contributed by atoms with E-state index in [0.29, 0.717) is 11.3 Å². The molecule has 2 rings (SSSR count). The van der Waals surface area contributed by atoms with Crippen molar-refractivity contribution in [2.45, 2.75) is 52.9 Å². The van der Waals surface area contributed by atoms with Crippen molar-refractivity contribution in [2.75, 3.05) is 6.61 Å². The topological polar surface area (TPSA) is 67.4 Å². The molecule has 0 radical (unpaired) electrons. The summed E-state index contributed by atoms with van der Waals surface area (Å²) in [6.45, 7) is 6.49. The van der Waals surface area contributed by atoms with Gasteiger partial charge in [-0.15, -0.1) is 0 Å². The van der Waals surface area contributed by atoms with Crippen molar-refractivity contribution in [1.82, 2.24) is 4.68 Å². The van der Waals surface area contributed by atoms with Crippen LogP contribution in [0.15, 0.2) is 40.2 Å². The average molecular weight is 365 g/mol. The first-order valence-electron chi connectivity index (χ1n) is 9.47. The molecule has 0 aliphatic heterocycles. The van der Waals surface area contributed by atoms with Gasteiger partial charge in [-0.1, -0.05) is 32.6 Å². The molecular weight excluding hydrogens is 338 g/mol. The summed E-state index contributed by atoms with van der Waals surface area (Å²) in [6, 6.07) is 11.3. The van der Waals surface area contributed by atoms with Crippen molar-refractivity contribution in [3.63, 3.8) is 0 Å². The Morgan fingerprint density at radius 3 is 2.52 bits per heavy atom. The molecule has 142 valence electrons. The Morgan fingerprint density at radius 1 is 1.15 bits per heavy atom. The van der Waals surface area contributed by atoms with Crippen molar-refractivity contribution < 1.29 is 4.74 Å². The Labute approximate surface area is 160 Å². The molecule has 2 aromatic rings. The highest BCUT2D eigenvalue weighted by molar-refractivity contribution is 5.79. The van der Waals surface area contributed by atoms with Crippen LogP contribution in [-0.2, 0) is 0 Å². The van der Waals surface area contributed by atoms with E-state index >= 15 is 0 Å². The van der Waals surface area contributed by atoms with Crippen LogP contribution in [0.25, 0.3) is 0 Å². The summed E-state index contributed by atoms with van der Waals surface area (Å²) in [5.74, 6) is 0.832. The predicted molar refractivity (Wildman–Crippen MR) is 109 cm³/mol. The summed E-state index contributed by atoms with van der Waals surface area (Å²) in [6.07, 6.45) is 7.68. The standard InChI is InChI=1S/C22H27N3O2/c1-4-5-6-7-8-13-27-20-11-9-19(10-12-20)16-24-25-18(3)14-17(2)21(15-23)22(25)26/h9-12,14,16H,4-8,13H2,1-3H3/b24-16+. The quantitative estimate of drug-likeness (QED) is 0.483. The van der Waals surface area contributed by atoms with Gasteiger partial charge in [0.2, 0.25) is 0 Å². The van der Waals surface area contributed by atoms with E-state index in [0.717, 1.165) is 24.3 Å². The molecule has 1 aromatic carbocycles. The highest BCUT2D eigenvalue weighted by Crippen LogP contribution is 2.13. The maximum absolute atomic E-state index is 12.3. The van der Waals surface area contributed by atoms with Gasteiger partial charge in [-0.3, -0.25) is 4.79 Å². The number of unbranched alkanes of at least 4 members (excludes halogenated alkanes) is 4.